The number of rotatable bonds is 1. The van der Waals surface area contributed by atoms with Gasteiger partial charge >= 0.3 is 6.09 Å². The van der Waals surface area contributed by atoms with Gasteiger partial charge < -0.3 is 20.5 Å². The number of carbonyl (C=O) groups is 2. The third kappa shape index (κ3) is 4.10. The standard InChI is InChI=1S/C15H27N3O4/c1-15(2,3)22-14(21)18-8-10(16)4-5-12(18)13(20)17-7-6-11(19)9-17/h10-12,19H,4-9,16H2,1-3H3/t10-,11?,12+/m0/s1. The van der Waals surface area contributed by atoms with Gasteiger partial charge in [0.25, 0.3) is 0 Å². The minimum atomic E-state index is -0.615. The average molecular weight is 313 g/mol. The van der Waals surface area contributed by atoms with Gasteiger partial charge in [-0.25, -0.2) is 4.79 Å². The number of piperidine rings is 1. The highest BCUT2D eigenvalue weighted by atomic mass is 16.6. The molecule has 3 N–H and O–H groups in total. The zero-order chi connectivity index (χ0) is 16.5. The van der Waals surface area contributed by atoms with Crippen LogP contribution < -0.4 is 5.73 Å². The fraction of sp³-hybridized carbons (Fsp3) is 0.867. The minimum absolute atomic E-state index is 0.116. The van der Waals surface area contributed by atoms with Gasteiger partial charge in [0.1, 0.15) is 11.6 Å². The van der Waals surface area contributed by atoms with Crippen LogP contribution in [-0.4, -0.2) is 70.3 Å². The van der Waals surface area contributed by atoms with E-state index < -0.39 is 23.8 Å². The molecule has 3 atom stereocenters. The van der Waals surface area contributed by atoms with Crippen LogP contribution in [0.25, 0.3) is 0 Å². The SMILES string of the molecule is CC(C)(C)OC(=O)N1C[C@@H](N)CC[C@@H]1C(=O)N1CCC(O)C1. The molecule has 7 nitrogen and oxygen atoms in total. The van der Waals surface area contributed by atoms with Crippen LogP contribution in [0.3, 0.4) is 0 Å². The fourth-order valence-corrected chi connectivity index (χ4v) is 2.93. The summed E-state index contributed by atoms with van der Waals surface area (Å²) in [6.45, 7) is 6.57. The first kappa shape index (κ1) is 17.0. The molecule has 0 aromatic heterocycles. The maximum Gasteiger partial charge on any atom is 0.411 e. The Kier molecular flexibility index (Phi) is 4.97. The molecule has 2 heterocycles. The second-order valence-electron chi connectivity index (χ2n) is 7.21. The predicted octanol–water partition coefficient (Wildman–Crippen LogP) is 0.306. The van der Waals surface area contributed by atoms with E-state index >= 15 is 0 Å². The van der Waals surface area contributed by atoms with Crippen molar-refractivity contribution in [1.82, 2.24) is 9.80 Å². The number of nitrogens with zero attached hydrogens (tertiary/aromatic N) is 2. The van der Waals surface area contributed by atoms with Gasteiger partial charge in [0.15, 0.2) is 0 Å². The van der Waals surface area contributed by atoms with E-state index in [1.54, 1.807) is 25.7 Å². The summed E-state index contributed by atoms with van der Waals surface area (Å²) in [5.41, 5.74) is 5.34. The summed E-state index contributed by atoms with van der Waals surface area (Å²) in [5.74, 6) is -0.116. The smallest absolute Gasteiger partial charge is 0.411 e. The molecule has 22 heavy (non-hydrogen) atoms. The molecule has 2 amide bonds. The van der Waals surface area contributed by atoms with Crippen molar-refractivity contribution < 1.29 is 19.4 Å². The first-order valence-corrected chi connectivity index (χ1v) is 7.89. The monoisotopic (exact) mass is 313 g/mol. The third-order valence-electron chi connectivity index (χ3n) is 4.01. The van der Waals surface area contributed by atoms with Crippen LogP contribution >= 0.6 is 0 Å². The maximum atomic E-state index is 12.7. The van der Waals surface area contributed by atoms with Crippen molar-refractivity contribution in [3.8, 4) is 0 Å². The Morgan fingerprint density at radius 2 is 1.86 bits per heavy atom. The molecule has 2 fully saturated rings. The Morgan fingerprint density at radius 3 is 2.41 bits per heavy atom. The Labute approximate surface area is 131 Å². The predicted molar refractivity (Wildman–Crippen MR) is 81.1 cm³/mol. The topological polar surface area (TPSA) is 96.1 Å². The van der Waals surface area contributed by atoms with Crippen molar-refractivity contribution in [2.75, 3.05) is 19.6 Å². The van der Waals surface area contributed by atoms with Gasteiger partial charge in [0, 0.05) is 25.7 Å². The number of aliphatic hydroxyl groups excluding tert-OH is 1. The molecule has 2 aliphatic heterocycles. The molecule has 126 valence electrons. The molecule has 2 aliphatic rings. The van der Waals surface area contributed by atoms with Gasteiger partial charge in [-0.05, 0) is 40.0 Å². The molecule has 0 aromatic carbocycles. The number of likely N-dealkylation sites (tertiary alicyclic amines) is 2. The normalized spacial score (nSPS) is 29.6. The summed E-state index contributed by atoms with van der Waals surface area (Å²) >= 11 is 0. The second kappa shape index (κ2) is 6.42. The summed E-state index contributed by atoms with van der Waals surface area (Å²) in [4.78, 5) is 28.1. The van der Waals surface area contributed by atoms with Crippen molar-refractivity contribution >= 4 is 12.0 Å². The van der Waals surface area contributed by atoms with Crippen LogP contribution in [0.5, 0.6) is 0 Å². The number of hydrogen-bond donors (Lipinski definition) is 2. The van der Waals surface area contributed by atoms with Gasteiger partial charge in [-0.1, -0.05) is 0 Å². The van der Waals surface area contributed by atoms with E-state index in [1.165, 1.54) is 4.90 Å². The van der Waals surface area contributed by atoms with Gasteiger partial charge in [-0.3, -0.25) is 9.69 Å². The Morgan fingerprint density at radius 1 is 1.18 bits per heavy atom. The van der Waals surface area contributed by atoms with Crippen LogP contribution in [0.4, 0.5) is 4.79 Å². The lowest BCUT2D eigenvalue weighted by atomic mass is 9.98. The molecular weight excluding hydrogens is 286 g/mol. The zero-order valence-corrected chi connectivity index (χ0v) is 13.6. The fourth-order valence-electron chi connectivity index (χ4n) is 2.93. The molecule has 0 aliphatic carbocycles. The average Bonchev–Trinajstić information content (AvgIpc) is 2.82. The first-order chi connectivity index (χ1) is 10.2. The summed E-state index contributed by atoms with van der Waals surface area (Å²) in [6.07, 6.45) is 0.855. The molecular formula is C15H27N3O4. The lowest BCUT2D eigenvalue weighted by molar-refractivity contribution is -0.137. The van der Waals surface area contributed by atoms with Gasteiger partial charge in [-0.2, -0.15) is 0 Å². The molecule has 0 aromatic rings. The lowest BCUT2D eigenvalue weighted by Gasteiger charge is -2.39. The quantitative estimate of drug-likeness (QED) is 0.726. The summed E-state index contributed by atoms with van der Waals surface area (Å²) in [6, 6.07) is -0.680. The zero-order valence-electron chi connectivity index (χ0n) is 13.6. The van der Waals surface area contributed by atoms with Crippen LogP contribution in [0, 0.1) is 0 Å². The van der Waals surface area contributed by atoms with Crippen molar-refractivity contribution in [1.29, 1.82) is 0 Å². The van der Waals surface area contributed by atoms with E-state index in [1.807, 2.05) is 0 Å². The highest BCUT2D eigenvalue weighted by molar-refractivity contribution is 5.86. The molecule has 0 bridgehead atoms. The van der Waals surface area contributed by atoms with Crippen LogP contribution in [-0.2, 0) is 9.53 Å². The van der Waals surface area contributed by atoms with E-state index in [0.717, 1.165) is 0 Å². The Balaban J connectivity index is 2.09. The number of hydrogen-bond acceptors (Lipinski definition) is 5. The second-order valence-corrected chi connectivity index (χ2v) is 7.21. The Hall–Kier alpha value is -1.34. The van der Waals surface area contributed by atoms with E-state index in [9.17, 15) is 14.7 Å². The summed E-state index contributed by atoms with van der Waals surface area (Å²) < 4.78 is 5.40. The molecule has 0 radical (unpaired) electrons. The minimum Gasteiger partial charge on any atom is -0.444 e. The molecule has 2 rings (SSSR count). The number of nitrogens with two attached hydrogens (primary N) is 1. The highest BCUT2D eigenvalue weighted by Gasteiger charge is 2.40. The van der Waals surface area contributed by atoms with Crippen LogP contribution in [0.1, 0.15) is 40.0 Å². The first-order valence-electron chi connectivity index (χ1n) is 7.89. The van der Waals surface area contributed by atoms with Crippen molar-refractivity contribution in [2.45, 2.75) is 63.8 Å². The number of aliphatic hydroxyl groups is 1. The molecule has 2 saturated heterocycles. The van der Waals surface area contributed by atoms with E-state index in [0.29, 0.717) is 38.9 Å². The third-order valence-corrected chi connectivity index (χ3v) is 4.01. The van der Waals surface area contributed by atoms with Crippen LogP contribution in [0.15, 0.2) is 0 Å². The molecule has 0 spiro atoms. The van der Waals surface area contributed by atoms with Gasteiger partial charge in [-0.15, -0.1) is 0 Å². The molecule has 7 heteroatoms. The number of β-amino-alcohol motifs (C(OH)–C–C–N with tert-alkyl or cyclic N) is 1. The van der Waals surface area contributed by atoms with Crippen molar-refractivity contribution in [3.63, 3.8) is 0 Å². The largest absolute Gasteiger partial charge is 0.444 e. The van der Waals surface area contributed by atoms with E-state index in [-0.39, 0.29) is 11.9 Å². The Bertz CT molecular complexity index is 435. The van der Waals surface area contributed by atoms with Crippen molar-refractivity contribution in [3.05, 3.63) is 0 Å². The number of ether oxygens (including phenoxy) is 1. The van der Waals surface area contributed by atoms with E-state index in [2.05, 4.69) is 0 Å². The van der Waals surface area contributed by atoms with Crippen LogP contribution in [0.2, 0.25) is 0 Å². The molecule has 0 saturated carbocycles. The summed E-state index contributed by atoms with van der Waals surface area (Å²) in [7, 11) is 0. The number of amides is 2. The molecule has 1 unspecified atom stereocenters. The highest BCUT2D eigenvalue weighted by Crippen LogP contribution is 2.23. The number of carbonyl (C=O) groups excluding carboxylic acids is 2. The summed E-state index contributed by atoms with van der Waals surface area (Å²) in [5, 5.41) is 9.60. The lowest BCUT2D eigenvalue weighted by Crippen LogP contribution is -2.58. The van der Waals surface area contributed by atoms with Gasteiger partial charge in [0.05, 0.1) is 6.10 Å². The van der Waals surface area contributed by atoms with Gasteiger partial charge in [0.2, 0.25) is 5.91 Å². The van der Waals surface area contributed by atoms with E-state index in [4.69, 9.17) is 10.5 Å². The van der Waals surface area contributed by atoms with Crippen molar-refractivity contribution in [2.24, 2.45) is 5.73 Å². The maximum absolute atomic E-state index is 12.7.